The van der Waals surface area contributed by atoms with Crippen LogP contribution in [-0.4, -0.2) is 33.6 Å². The number of nitrogens with one attached hydrogen (secondary N) is 1. The number of anilines is 1. The van der Waals surface area contributed by atoms with E-state index in [2.05, 4.69) is 21.2 Å². The van der Waals surface area contributed by atoms with Gasteiger partial charge in [0.1, 0.15) is 6.04 Å². The fraction of sp³-hybridized carbons (Fsp3) is 0.118. The van der Waals surface area contributed by atoms with Crippen LogP contribution in [0.5, 0.6) is 0 Å². The molecule has 1 heterocycles. The van der Waals surface area contributed by atoms with Crippen LogP contribution in [0.2, 0.25) is 0 Å². The minimum absolute atomic E-state index is 0.136. The van der Waals surface area contributed by atoms with Crippen LogP contribution in [0.15, 0.2) is 46.9 Å². The maximum atomic E-state index is 12.5. The first-order chi connectivity index (χ1) is 12.3. The van der Waals surface area contributed by atoms with Crippen molar-refractivity contribution in [3.63, 3.8) is 0 Å². The molecule has 1 atom stereocenters. The molecular weight excluding hydrogens is 406 g/mol. The Bertz CT molecular complexity index is 924. The fourth-order valence-corrected chi connectivity index (χ4v) is 3.10. The van der Waals surface area contributed by atoms with Crippen molar-refractivity contribution in [2.24, 2.45) is 0 Å². The van der Waals surface area contributed by atoms with Gasteiger partial charge in [-0.15, -0.1) is 0 Å². The van der Waals surface area contributed by atoms with Crippen LogP contribution < -0.4 is 5.32 Å². The molecule has 1 N–H and O–H groups in total. The van der Waals surface area contributed by atoms with Crippen LogP contribution in [0.25, 0.3) is 0 Å². The number of hydrogen-bond acceptors (Lipinski definition) is 5. The average molecular weight is 418 g/mol. The molecule has 3 rings (SSSR count). The first-order valence-corrected chi connectivity index (χ1v) is 8.32. The molecule has 0 saturated heterocycles. The zero-order valence-corrected chi connectivity index (χ0v) is 15.0. The largest absolute Gasteiger partial charge is 0.323 e. The number of nitro groups is 1. The van der Waals surface area contributed by atoms with Gasteiger partial charge < -0.3 is 5.32 Å². The molecule has 0 spiro atoms. The van der Waals surface area contributed by atoms with E-state index >= 15 is 0 Å². The van der Waals surface area contributed by atoms with E-state index in [-0.39, 0.29) is 16.8 Å². The lowest BCUT2D eigenvalue weighted by Crippen LogP contribution is -2.45. The molecule has 132 valence electrons. The van der Waals surface area contributed by atoms with E-state index in [1.807, 2.05) is 0 Å². The highest BCUT2D eigenvalue weighted by atomic mass is 79.9. The predicted molar refractivity (Wildman–Crippen MR) is 95.8 cm³/mol. The number of nitro benzene ring substituents is 1. The van der Waals surface area contributed by atoms with Crippen molar-refractivity contribution in [1.29, 1.82) is 0 Å². The summed E-state index contributed by atoms with van der Waals surface area (Å²) in [5.74, 6) is -1.65. The highest BCUT2D eigenvalue weighted by Crippen LogP contribution is 2.28. The van der Waals surface area contributed by atoms with Gasteiger partial charge in [0, 0.05) is 16.6 Å². The van der Waals surface area contributed by atoms with Gasteiger partial charge in [-0.05, 0) is 41.1 Å². The second-order valence-corrected chi connectivity index (χ2v) is 6.47. The molecule has 9 heteroatoms. The van der Waals surface area contributed by atoms with E-state index in [9.17, 15) is 24.5 Å². The SMILES string of the molecule is C[C@H](C(=O)Nc1ccc([N+](=O)[O-])cc1Br)N1C(=O)c2ccccc2C1=O. The Morgan fingerprint density at radius 3 is 2.23 bits per heavy atom. The Balaban J connectivity index is 1.80. The number of carbonyl (C=O) groups is 3. The van der Waals surface area contributed by atoms with Gasteiger partial charge >= 0.3 is 0 Å². The van der Waals surface area contributed by atoms with Gasteiger partial charge in [0.2, 0.25) is 5.91 Å². The van der Waals surface area contributed by atoms with E-state index in [1.165, 1.54) is 37.3 Å². The Morgan fingerprint density at radius 2 is 1.73 bits per heavy atom. The first-order valence-electron chi connectivity index (χ1n) is 7.53. The number of nitrogens with zero attached hydrogens (tertiary/aromatic N) is 2. The number of halogens is 1. The third-order valence-corrected chi connectivity index (χ3v) is 4.67. The first kappa shape index (κ1) is 17.7. The van der Waals surface area contributed by atoms with Crippen molar-refractivity contribution < 1.29 is 19.3 Å². The molecule has 1 aliphatic rings. The Morgan fingerprint density at radius 1 is 1.15 bits per heavy atom. The average Bonchev–Trinajstić information content (AvgIpc) is 2.87. The van der Waals surface area contributed by atoms with Gasteiger partial charge in [-0.1, -0.05) is 12.1 Å². The number of rotatable bonds is 4. The van der Waals surface area contributed by atoms with Crippen LogP contribution in [0.4, 0.5) is 11.4 Å². The maximum absolute atomic E-state index is 12.5. The van der Waals surface area contributed by atoms with Crippen molar-refractivity contribution in [1.82, 2.24) is 4.90 Å². The quantitative estimate of drug-likeness (QED) is 0.467. The predicted octanol–water partition coefficient (Wildman–Crippen LogP) is 2.98. The lowest BCUT2D eigenvalue weighted by molar-refractivity contribution is -0.384. The van der Waals surface area contributed by atoms with Crippen LogP contribution >= 0.6 is 15.9 Å². The van der Waals surface area contributed by atoms with Gasteiger partial charge in [0.25, 0.3) is 17.5 Å². The maximum Gasteiger partial charge on any atom is 0.270 e. The number of fused-ring (bicyclic) bond motifs is 1. The third-order valence-electron chi connectivity index (χ3n) is 4.01. The van der Waals surface area contributed by atoms with Crippen LogP contribution in [0.1, 0.15) is 27.6 Å². The smallest absolute Gasteiger partial charge is 0.270 e. The van der Waals surface area contributed by atoms with Crippen molar-refractivity contribution in [3.05, 3.63) is 68.2 Å². The normalized spacial score (nSPS) is 14.2. The molecular formula is C17H12BrN3O5. The molecule has 0 aromatic heterocycles. The standard InChI is InChI=1S/C17H12BrN3O5/c1-9(20-16(23)11-4-2-3-5-12(11)17(20)24)15(22)19-14-7-6-10(21(25)26)8-13(14)18/h2-9H,1H3,(H,19,22)/t9-/m1/s1. The molecule has 8 nitrogen and oxygen atoms in total. The van der Waals surface area contributed by atoms with Crippen molar-refractivity contribution in [3.8, 4) is 0 Å². The van der Waals surface area contributed by atoms with E-state index < -0.39 is 28.7 Å². The van der Waals surface area contributed by atoms with Gasteiger partial charge in [0.05, 0.1) is 21.7 Å². The lowest BCUT2D eigenvalue weighted by Gasteiger charge is -2.22. The van der Waals surface area contributed by atoms with E-state index in [4.69, 9.17) is 0 Å². The molecule has 0 fully saturated rings. The number of benzene rings is 2. The van der Waals surface area contributed by atoms with Crippen LogP contribution in [0.3, 0.4) is 0 Å². The van der Waals surface area contributed by atoms with E-state index in [0.717, 1.165) is 4.90 Å². The molecule has 26 heavy (non-hydrogen) atoms. The molecule has 0 aliphatic carbocycles. The molecule has 1 aliphatic heterocycles. The van der Waals surface area contributed by atoms with Crippen molar-refractivity contribution >= 4 is 45.0 Å². The Labute approximate surface area is 156 Å². The number of amides is 3. The number of hydrogen-bond donors (Lipinski definition) is 1. The molecule has 0 bridgehead atoms. The zero-order valence-electron chi connectivity index (χ0n) is 13.4. The highest BCUT2D eigenvalue weighted by Gasteiger charge is 2.40. The zero-order chi connectivity index (χ0) is 19.0. The van der Waals surface area contributed by atoms with Gasteiger partial charge in [-0.3, -0.25) is 29.4 Å². The second kappa shape index (κ2) is 6.68. The minimum atomic E-state index is -1.05. The monoisotopic (exact) mass is 417 g/mol. The molecule has 0 unspecified atom stereocenters. The minimum Gasteiger partial charge on any atom is -0.323 e. The summed E-state index contributed by atoms with van der Waals surface area (Å²) < 4.78 is 0.314. The van der Waals surface area contributed by atoms with Gasteiger partial charge in [-0.25, -0.2) is 0 Å². The number of imide groups is 1. The fourth-order valence-electron chi connectivity index (χ4n) is 2.63. The van der Waals surface area contributed by atoms with Gasteiger partial charge in [-0.2, -0.15) is 0 Å². The second-order valence-electron chi connectivity index (χ2n) is 5.61. The molecule has 0 saturated carbocycles. The third kappa shape index (κ3) is 2.97. The summed E-state index contributed by atoms with van der Waals surface area (Å²) in [4.78, 5) is 48.5. The van der Waals surface area contributed by atoms with E-state index in [0.29, 0.717) is 10.2 Å². The number of carbonyl (C=O) groups excluding carboxylic acids is 3. The van der Waals surface area contributed by atoms with Crippen LogP contribution in [0, 0.1) is 10.1 Å². The topological polar surface area (TPSA) is 110 Å². The lowest BCUT2D eigenvalue weighted by atomic mass is 10.1. The number of non-ortho nitro benzene ring substituents is 1. The van der Waals surface area contributed by atoms with Crippen LogP contribution in [-0.2, 0) is 4.79 Å². The summed E-state index contributed by atoms with van der Waals surface area (Å²) in [5.41, 5.74) is 0.676. The molecule has 0 radical (unpaired) electrons. The van der Waals surface area contributed by atoms with E-state index in [1.54, 1.807) is 12.1 Å². The summed E-state index contributed by atoms with van der Waals surface area (Å²) in [5, 5.41) is 13.3. The summed E-state index contributed by atoms with van der Waals surface area (Å²) in [7, 11) is 0. The Hall–Kier alpha value is -3.07. The molecule has 2 aromatic carbocycles. The summed E-state index contributed by atoms with van der Waals surface area (Å²) in [6, 6.07) is 9.17. The molecule has 3 amide bonds. The highest BCUT2D eigenvalue weighted by molar-refractivity contribution is 9.10. The van der Waals surface area contributed by atoms with Crippen molar-refractivity contribution in [2.45, 2.75) is 13.0 Å². The van der Waals surface area contributed by atoms with Crippen molar-refractivity contribution in [2.75, 3.05) is 5.32 Å². The van der Waals surface area contributed by atoms with Gasteiger partial charge in [0.15, 0.2) is 0 Å². The summed E-state index contributed by atoms with van der Waals surface area (Å²) in [6.45, 7) is 1.44. The molecule has 2 aromatic rings. The Kier molecular flexibility index (Phi) is 4.56. The summed E-state index contributed by atoms with van der Waals surface area (Å²) >= 11 is 3.16. The summed E-state index contributed by atoms with van der Waals surface area (Å²) in [6.07, 6.45) is 0.